The summed E-state index contributed by atoms with van der Waals surface area (Å²) in [6, 6.07) is 0. The van der Waals surface area contributed by atoms with E-state index in [-0.39, 0.29) is 11.5 Å². The highest BCUT2D eigenvalue weighted by atomic mass is 16.3. The number of aliphatic hydroxyl groups is 1. The van der Waals surface area contributed by atoms with Gasteiger partial charge in [0.15, 0.2) is 0 Å². The predicted octanol–water partition coefficient (Wildman–Crippen LogP) is 2.78. The van der Waals surface area contributed by atoms with Crippen LogP contribution in [-0.4, -0.2) is 21.0 Å². The van der Waals surface area contributed by atoms with Crippen molar-refractivity contribution in [2.24, 2.45) is 5.41 Å². The number of hydrogen-bond donors (Lipinski definition) is 1. The lowest BCUT2D eigenvalue weighted by molar-refractivity contribution is -0.0781. The standard InChI is InChI=1S/C14H24N2O/c1-6-14(5)11(8-12(14)17)13-9(3)15-16(7-2)10(13)4/h11-12,17H,6-8H2,1-5H3. The van der Waals surface area contributed by atoms with E-state index in [0.717, 1.165) is 25.1 Å². The molecule has 1 N–H and O–H groups in total. The third kappa shape index (κ3) is 1.63. The second-order valence-electron chi connectivity index (χ2n) is 5.56. The summed E-state index contributed by atoms with van der Waals surface area (Å²) in [5.41, 5.74) is 3.83. The molecule has 1 aliphatic carbocycles. The van der Waals surface area contributed by atoms with Crippen LogP contribution in [0.1, 0.15) is 56.5 Å². The summed E-state index contributed by atoms with van der Waals surface area (Å²) < 4.78 is 2.07. The van der Waals surface area contributed by atoms with Crippen LogP contribution in [0.25, 0.3) is 0 Å². The van der Waals surface area contributed by atoms with Crippen molar-refractivity contribution in [1.29, 1.82) is 0 Å². The topological polar surface area (TPSA) is 38.0 Å². The summed E-state index contributed by atoms with van der Waals surface area (Å²) in [5, 5.41) is 14.6. The van der Waals surface area contributed by atoms with Crippen molar-refractivity contribution in [2.45, 2.75) is 66.0 Å². The first-order valence-electron chi connectivity index (χ1n) is 6.67. The lowest BCUT2D eigenvalue weighted by atomic mass is 9.55. The van der Waals surface area contributed by atoms with E-state index in [9.17, 15) is 5.11 Å². The van der Waals surface area contributed by atoms with Crippen LogP contribution in [0.15, 0.2) is 0 Å². The first kappa shape index (κ1) is 12.6. The maximum atomic E-state index is 10.0. The van der Waals surface area contributed by atoms with E-state index in [1.165, 1.54) is 11.3 Å². The first-order valence-corrected chi connectivity index (χ1v) is 6.67. The maximum Gasteiger partial charge on any atom is 0.0631 e. The molecule has 1 aromatic heterocycles. The molecule has 0 radical (unpaired) electrons. The molecular weight excluding hydrogens is 212 g/mol. The van der Waals surface area contributed by atoms with Gasteiger partial charge in [-0.1, -0.05) is 13.8 Å². The average molecular weight is 236 g/mol. The van der Waals surface area contributed by atoms with Gasteiger partial charge in [0.1, 0.15) is 0 Å². The Balaban J connectivity index is 2.39. The van der Waals surface area contributed by atoms with Crippen LogP contribution >= 0.6 is 0 Å². The van der Waals surface area contributed by atoms with Crippen LogP contribution in [-0.2, 0) is 6.54 Å². The summed E-state index contributed by atoms with van der Waals surface area (Å²) in [6.07, 6.45) is 1.76. The fourth-order valence-electron chi connectivity index (χ4n) is 3.29. The van der Waals surface area contributed by atoms with E-state index in [1.54, 1.807) is 0 Å². The number of aromatic nitrogens is 2. The minimum atomic E-state index is -0.152. The molecule has 0 spiro atoms. The highest BCUT2D eigenvalue weighted by Crippen LogP contribution is 2.56. The van der Waals surface area contributed by atoms with Gasteiger partial charge in [0.05, 0.1) is 11.8 Å². The SMILES string of the molecule is CCn1nc(C)c(C2CC(O)C2(C)CC)c1C. The minimum Gasteiger partial charge on any atom is -0.393 e. The monoisotopic (exact) mass is 236 g/mol. The number of aryl methyl sites for hydroxylation is 2. The van der Waals surface area contributed by atoms with E-state index >= 15 is 0 Å². The molecule has 3 atom stereocenters. The first-order chi connectivity index (χ1) is 7.95. The predicted molar refractivity (Wildman–Crippen MR) is 69.1 cm³/mol. The molecule has 0 aromatic carbocycles. The lowest BCUT2D eigenvalue weighted by Crippen LogP contribution is -2.49. The molecule has 1 aromatic rings. The Bertz CT molecular complexity index is 424. The molecule has 3 nitrogen and oxygen atoms in total. The van der Waals surface area contributed by atoms with Crippen molar-refractivity contribution in [1.82, 2.24) is 9.78 Å². The van der Waals surface area contributed by atoms with Crippen LogP contribution in [0.3, 0.4) is 0 Å². The quantitative estimate of drug-likeness (QED) is 0.876. The average Bonchev–Trinajstić information content (AvgIpc) is 2.60. The molecule has 3 unspecified atom stereocenters. The Morgan fingerprint density at radius 2 is 2.06 bits per heavy atom. The minimum absolute atomic E-state index is 0.0388. The van der Waals surface area contributed by atoms with Gasteiger partial charge < -0.3 is 5.11 Å². The summed E-state index contributed by atoms with van der Waals surface area (Å²) >= 11 is 0. The molecular formula is C14H24N2O. The molecule has 1 aliphatic rings. The fraction of sp³-hybridized carbons (Fsp3) is 0.786. The third-order valence-electron chi connectivity index (χ3n) is 4.86. The molecule has 1 fully saturated rings. The molecule has 96 valence electrons. The van der Waals surface area contributed by atoms with Gasteiger partial charge in [0.25, 0.3) is 0 Å². The zero-order chi connectivity index (χ0) is 12.8. The van der Waals surface area contributed by atoms with Gasteiger partial charge in [-0.05, 0) is 45.1 Å². The van der Waals surface area contributed by atoms with E-state index < -0.39 is 0 Å². The second-order valence-corrected chi connectivity index (χ2v) is 5.56. The van der Waals surface area contributed by atoms with E-state index in [1.807, 2.05) is 0 Å². The summed E-state index contributed by atoms with van der Waals surface area (Å²) in [7, 11) is 0. The summed E-state index contributed by atoms with van der Waals surface area (Å²) in [4.78, 5) is 0. The Morgan fingerprint density at radius 3 is 2.47 bits per heavy atom. The molecule has 3 heteroatoms. The van der Waals surface area contributed by atoms with Crippen LogP contribution in [0.4, 0.5) is 0 Å². The van der Waals surface area contributed by atoms with Gasteiger partial charge in [-0.2, -0.15) is 5.10 Å². The summed E-state index contributed by atoms with van der Waals surface area (Å²) in [6.45, 7) is 11.7. The van der Waals surface area contributed by atoms with E-state index in [4.69, 9.17) is 0 Å². The second kappa shape index (κ2) is 4.13. The smallest absolute Gasteiger partial charge is 0.0631 e. The molecule has 17 heavy (non-hydrogen) atoms. The molecule has 0 amide bonds. The summed E-state index contributed by atoms with van der Waals surface area (Å²) in [5.74, 6) is 0.475. The lowest BCUT2D eigenvalue weighted by Gasteiger charge is -2.51. The Labute approximate surface area is 104 Å². The van der Waals surface area contributed by atoms with Crippen molar-refractivity contribution in [3.8, 4) is 0 Å². The largest absolute Gasteiger partial charge is 0.393 e. The molecule has 1 saturated carbocycles. The van der Waals surface area contributed by atoms with E-state index in [0.29, 0.717) is 5.92 Å². The highest BCUT2D eigenvalue weighted by Gasteiger charge is 2.51. The van der Waals surface area contributed by atoms with Crippen LogP contribution in [0.5, 0.6) is 0 Å². The van der Waals surface area contributed by atoms with Gasteiger partial charge in [-0.15, -0.1) is 0 Å². The Kier molecular flexibility index (Phi) is 3.06. The van der Waals surface area contributed by atoms with Crippen LogP contribution in [0.2, 0.25) is 0 Å². The van der Waals surface area contributed by atoms with Crippen LogP contribution in [0, 0.1) is 19.3 Å². The molecule has 0 bridgehead atoms. The molecule has 0 saturated heterocycles. The highest BCUT2D eigenvalue weighted by molar-refractivity contribution is 5.34. The normalized spacial score (nSPS) is 32.6. The van der Waals surface area contributed by atoms with Gasteiger partial charge in [0, 0.05) is 17.7 Å². The number of rotatable bonds is 3. The van der Waals surface area contributed by atoms with Crippen molar-refractivity contribution >= 4 is 0 Å². The van der Waals surface area contributed by atoms with Crippen molar-refractivity contribution in [3.63, 3.8) is 0 Å². The third-order valence-corrected chi connectivity index (χ3v) is 4.86. The Morgan fingerprint density at radius 1 is 1.41 bits per heavy atom. The van der Waals surface area contributed by atoms with Crippen LogP contribution < -0.4 is 0 Å². The molecule has 1 heterocycles. The Hall–Kier alpha value is -0.830. The molecule has 0 aliphatic heterocycles. The number of hydrogen-bond acceptors (Lipinski definition) is 2. The van der Waals surface area contributed by atoms with Gasteiger partial charge in [0.2, 0.25) is 0 Å². The van der Waals surface area contributed by atoms with Crippen molar-refractivity contribution < 1.29 is 5.11 Å². The van der Waals surface area contributed by atoms with Crippen molar-refractivity contribution in [3.05, 3.63) is 17.0 Å². The van der Waals surface area contributed by atoms with Crippen molar-refractivity contribution in [2.75, 3.05) is 0 Å². The number of aliphatic hydroxyl groups excluding tert-OH is 1. The van der Waals surface area contributed by atoms with Gasteiger partial charge >= 0.3 is 0 Å². The fourth-order valence-corrected chi connectivity index (χ4v) is 3.29. The zero-order valence-corrected chi connectivity index (χ0v) is 11.6. The van der Waals surface area contributed by atoms with E-state index in [2.05, 4.69) is 44.4 Å². The number of nitrogens with zero attached hydrogens (tertiary/aromatic N) is 2. The van der Waals surface area contributed by atoms with Gasteiger partial charge in [-0.25, -0.2) is 0 Å². The molecule has 2 rings (SSSR count). The zero-order valence-electron chi connectivity index (χ0n) is 11.6. The maximum absolute atomic E-state index is 10.0. The van der Waals surface area contributed by atoms with Gasteiger partial charge in [-0.3, -0.25) is 4.68 Å².